The zero-order chi connectivity index (χ0) is 13.1. The van der Waals surface area contributed by atoms with Crippen molar-refractivity contribution >= 4 is 11.6 Å². The number of carbonyl (C=O) groups is 1. The second-order valence-electron chi connectivity index (χ2n) is 4.13. The molecule has 1 saturated heterocycles. The average molecular weight is 250 g/mol. The fraction of sp³-hybridized carbons (Fsp3) is 0.364. The third-order valence-corrected chi connectivity index (χ3v) is 2.93. The minimum atomic E-state index is -0.485. The molecule has 0 aliphatic carbocycles. The predicted octanol–water partition coefficient (Wildman–Crippen LogP) is 0.226. The quantitative estimate of drug-likeness (QED) is 0.460. The maximum absolute atomic E-state index is 12.1. The number of piperazine rings is 1. The first-order valence-corrected chi connectivity index (χ1v) is 5.61. The first-order valence-electron chi connectivity index (χ1n) is 5.61. The molecular formula is C11H14N4O3. The summed E-state index contributed by atoms with van der Waals surface area (Å²) >= 11 is 0. The summed E-state index contributed by atoms with van der Waals surface area (Å²) in [7, 11) is 0. The van der Waals surface area contributed by atoms with Gasteiger partial charge in [0.1, 0.15) is 0 Å². The van der Waals surface area contributed by atoms with Crippen molar-refractivity contribution in [3.05, 3.63) is 39.9 Å². The summed E-state index contributed by atoms with van der Waals surface area (Å²) in [6, 6.07) is 5.64. The predicted molar refractivity (Wildman–Crippen MR) is 64.8 cm³/mol. The lowest BCUT2D eigenvalue weighted by Gasteiger charge is -2.32. The van der Waals surface area contributed by atoms with Crippen LogP contribution >= 0.6 is 0 Å². The van der Waals surface area contributed by atoms with Crippen LogP contribution in [0.1, 0.15) is 10.4 Å². The molecule has 0 spiro atoms. The van der Waals surface area contributed by atoms with Gasteiger partial charge in [0.2, 0.25) is 0 Å². The van der Waals surface area contributed by atoms with E-state index in [4.69, 9.17) is 5.84 Å². The summed E-state index contributed by atoms with van der Waals surface area (Å²) in [5.41, 5.74) is 0.449. The van der Waals surface area contributed by atoms with Crippen LogP contribution in [0, 0.1) is 10.1 Å². The van der Waals surface area contributed by atoms with Crippen molar-refractivity contribution in [3.8, 4) is 0 Å². The topological polar surface area (TPSA) is 92.7 Å². The maximum atomic E-state index is 12.1. The monoisotopic (exact) mass is 250 g/mol. The van der Waals surface area contributed by atoms with Crippen LogP contribution < -0.4 is 5.84 Å². The van der Waals surface area contributed by atoms with Crippen LogP contribution in [-0.4, -0.2) is 46.9 Å². The zero-order valence-electron chi connectivity index (χ0n) is 9.78. The number of nitro groups is 1. The van der Waals surface area contributed by atoms with Gasteiger partial charge in [-0.1, -0.05) is 0 Å². The molecule has 2 rings (SSSR count). The summed E-state index contributed by atoms with van der Waals surface area (Å²) in [5.74, 6) is 5.50. The SMILES string of the molecule is NN1CCN(C(=O)c2ccc([N+](=O)[O-])cc2)CC1. The van der Waals surface area contributed by atoms with E-state index in [1.54, 1.807) is 9.91 Å². The smallest absolute Gasteiger partial charge is 0.269 e. The average Bonchev–Trinajstić information content (AvgIpc) is 2.39. The molecule has 0 radical (unpaired) electrons. The number of nitrogens with two attached hydrogens (primary N) is 1. The Labute approximate surface area is 104 Å². The Balaban J connectivity index is 2.07. The van der Waals surface area contributed by atoms with E-state index in [-0.39, 0.29) is 11.6 Å². The third kappa shape index (κ3) is 2.63. The highest BCUT2D eigenvalue weighted by Gasteiger charge is 2.20. The first kappa shape index (κ1) is 12.5. The molecule has 1 aromatic carbocycles. The minimum Gasteiger partial charge on any atom is -0.336 e. The molecule has 1 amide bonds. The van der Waals surface area contributed by atoms with Crippen molar-refractivity contribution in [2.45, 2.75) is 0 Å². The van der Waals surface area contributed by atoms with Gasteiger partial charge >= 0.3 is 0 Å². The molecule has 96 valence electrons. The highest BCUT2D eigenvalue weighted by Crippen LogP contribution is 2.14. The van der Waals surface area contributed by atoms with E-state index in [9.17, 15) is 14.9 Å². The molecule has 18 heavy (non-hydrogen) atoms. The Morgan fingerprint density at radius 2 is 1.72 bits per heavy atom. The molecule has 1 aliphatic heterocycles. The second-order valence-corrected chi connectivity index (χ2v) is 4.13. The van der Waals surface area contributed by atoms with E-state index >= 15 is 0 Å². The molecule has 1 fully saturated rings. The summed E-state index contributed by atoms with van der Waals surface area (Å²) < 4.78 is 0. The number of hydrazine groups is 1. The lowest BCUT2D eigenvalue weighted by atomic mass is 10.1. The van der Waals surface area contributed by atoms with Crippen LogP contribution in [0.25, 0.3) is 0 Å². The Hall–Kier alpha value is -1.99. The van der Waals surface area contributed by atoms with Crippen molar-refractivity contribution in [3.63, 3.8) is 0 Å². The molecule has 2 N–H and O–H groups in total. The number of benzene rings is 1. The third-order valence-electron chi connectivity index (χ3n) is 2.93. The van der Waals surface area contributed by atoms with Crippen molar-refractivity contribution < 1.29 is 9.72 Å². The molecule has 0 bridgehead atoms. The van der Waals surface area contributed by atoms with E-state index in [0.29, 0.717) is 31.7 Å². The molecule has 7 heteroatoms. The number of hydrogen-bond donors (Lipinski definition) is 1. The molecule has 7 nitrogen and oxygen atoms in total. The van der Waals surface area contributed by atoms with Gasteiger partial charge in [-0.05, 0) is 12.1 Å². The summed E-state index contributed by atoms with van der Waals surface area (Å²) in [6.45, 7) is 2.43. The van der Waals surface area contributed by atoms with Gasteiger partial charge in [-0.15, -0.1) is 0 Å². The molecule has 0 atom stereocenters. The number of non-ortho nitro benzene ring substituents is 1. The minimum absolute atomic E-state index is 0.0154. The van der Waals surface area contributed by atoms with Gasteiger partial charge in [0, 0.05) is 43.9 Å². The van der Waals surface area contributed by atoms with Crippen molar-refractivity contribution in [1.82, 2.24) is 9.91 Å². The number of carbonyl (C=O) groups excluding carboxylic acids is 1. The molecule has 0 unspecified atom stereocenters. The molecule has 0 saturated carbocycles. The fourth-order valence-electron chi connectivity index (χ4n) is 1.83. The number of hydrogen-bond acceptors (Lipinski definition) is 5. The van der Waals surface area contributed by atoms with Gasteiger partial charge in [-0.3, -0.25) is 20.8 Å². The molecule has 0 aromatic heterocycles. The van der Waals surface area contributed by atoms with Crippen molar-refractivity contribution in [1.29, 1.82) is 0 Å². The van der Waals surface area contributed by atoms with Crippen LogP contribution in [0.2, 0.25) is 0 Å². The largest absolute Gasteiger partial charge is 0.336 e. The zero-order valence-corrected chi connectivity index (χ0v) is 9.78. The Morgan fingerprint density at radius 3 is 2.22 bits per heavy atom. The van der Waals surface area contributed by atoms with Crippen LogP contribution in [-0.2, 0) is 0 Å². The number of nitrogens with zero attached hydrogens (tertiary/aromatic N) is 3. The van der Waals surface area contributed by atoms with Gasteiger partial charge in [0.05, 0.1) is 4.92 Å². The molecule has 1 aromatic rings. The van der Waals surface area contributed by atoms with E-state index in [2.05, 4.69) is 0 Å². The van der Waals surface area contributed by atoms with Crippen LogP contribution in [0.5, 0.6) is 0 Å². The summed E-state index contributed by atoms with van der Waals surface area (Å²) in [6.07, 6.45) is 0. The number of nitro benzene ring substituents is 1. The van der Waals surface area contributed by atoms with Crippen LogP contribution in [0.3, 0.4) is 0 Å². The molecule has 1 aliphatic rings. The standard InChI is InChI=1S/C11H14N4O3/c12-14-7-5-13(6-8-14)11(16)9-1-3-10(4-2-9)15(17)18/h1-4H,5-8,12H2. The number of amides is 1. The van der Waals surface area contributed by atoms with E-state index in [0.717, 1.165) is 0 Å². The Morgan fingerprint density at radius 1 is 1.17 bits per heavy atom. The summed E-state index contributed by atoms with van der Waals surface area (Å²) in [4.78, 5) is 23.8. The number of rotatable bonds is 2. The highest BCUT2D eigenvalue weighted by molar-refractivity contribution is 5.94. The lowest BCUT2D eigenvalue weighted by Crippen LogP contribution is -2.51. The first-order chi connectivity index (χ1) is 8.58. The molecule has 1 heterocycles. The maximum Gasteiger partial charge on any atom is 0.269 e. The van der Waals surface area contributed by atoms with E-state index in [1.165, 1.54) is 24.3 Å². The van der Waals surface area contributed by atoms with E-state index in [1.807, 2.05) is 0 Å². The highest BCUT2D eigenvalue weighted by atomic mass is 16.6. The second kappa shape index (κ2) is 5.11. The van der Waals surface area contributed by atoms with Gasteiger partial charge in [-0.2, -0.15) is 0 Å². The normalized spacial score (nSPS) is 16.6. The Kier molecular flexibility index (Phi) is 3.54. The van der Waals surface area contributed by atoms with Crippen molar-refractivity contribution in [2.75, 3.05) is 26.2 Å². The Bertz CT molecular complexity index is 452. The lowest BCUT2D eigenvalue weighted by molar-refractivity contribution is -0.384. The van der Waals surface area contributed by atoms with Crippen LogP contribution in [0.15, 0.2) is 24.3 Å². The fourth-order valence-corrected chi connectivity index (χ4v) is 1.83. The van der Waals surface area contributed by atoms with Gasteiger partial charge in [0.25, 0.3) is 11.6 Å². The van der Waals surface area contributed by atoms with Crippen molar-refractivity contribution in [2.24, 2.45) is 5.84 Å². The van der Waals surface area contributed by atoms with Gasteiger partial charge < -0.3 is 4.90 Å². The summed E-state index contributed by atoms with van der Waals surface area (Å²) in [5, 5.41) is 12.2. The van der Waals surface area contributed by atoms with Gasteiger partial charge in [-0.25, -0.2) is 5.01 Å². The molecular weight excluding hydrogens is 236 g/mol. The van der Waals surface area contributed by atoms with Crippen LogP contribution in [0.4, 0.5) is 5.69 Å². The van der Waals surface area contributed by atoms with Gasteiger partial charge in [0.15, 0.2) is 0 Å². The van der Waals surface area contributed by atoms with E-state index < -0.39 is 4.92 Å².